The molecule has 8 nitrogen and oxygen atoms in total. The Morgan fingerprint density at radius 3 is 2.94 bits per heavy atom. The fraction of sp³-hybridized carbons (Fsp3) is 0.273. The number of nitrogens with zero attached hydrogens (tertiary/aromatic N) is 3. The van der Waals surface area contributed by atoms with Crippen LogP contribution in [0.1, 0.15) is 24.3 Å². The summed E-state index contributed by atoms with van der Waals surface area (Å²) >= 11 is 2.87. The summed E-state index contributed by atoms with van der Waals surface area (Å²) in [5.74, 6) is -0.147. The molecule has 0 radical (unpaired) electrons. The molecule has 3 heterocycles. The molecule has 1 aromatic carbocycles. The number of benzene rings is 1. The number of hydrogen-bond donors (Lipinski definition) is 2. The van der Waals surface area contributed by atoms with Crippen LogP contribution in [0.25, 0.3) is 11.0 Å². The van der Waals surface area contributed by atoms with E-state index in [1.165, 1.54) is 23.1 Å². The zero-order valence-electron chi connectivity index (χ0n) is 17.3. The molecule has 1 atom stereocenters. The van der Waals surface area contributed by atoms with Gasteiger partial charge in [0.2, 0.25) is 0 Å². The minimum atomic E-state index is -0.573. The third-order valence-corrected chi connectivity index (χ3v) is 6.83. The summed E-state index contributed by atoms with van der Waals surface area (Å²) in [5.41, 5.74) is 2.66. The topological polar surface area (TPSA) is 109 Å². The molecule has 3 aromatic rings. The number of thioether (sulfide) groups is 1. The van der Waals surface area contributed by atoms with Crippen LogP contribution in [0.5, 0.6) is 0 Å². The average molecular weight is 468 g/mol. The van der Waals surface area contributed by atoms with E-state index in [1.807, 2.05) is 46.3 Å². The molecule has 2 aromatic heterocycles. The summed E-state index contributed by atoms with van der Waals surface area (Å²) in [6.07, 6.45) is 0.353. The van der Waals surface area contributed by atoms with Crippen molar-refractivity contribution in [2.24, 2.45) is 0 Å². The van der Waals surface area contributed by atoms with Crippen LogP contribution in [0.15, 0.2) is 58.2 Å². The lowest BCUT2D eigenvalue weighted by Crippen LogP contribution is -2.46. The number of urea groups is 1. The van der Waals surface area contributed by atoms with Crippen LogP contribution in [-0.2, 0) is 16.1 Å². The Morgan fingerprint density at radius 1 is 1.34 bits per heavy atom. The molecule has 0 saturated heterocycles. The van der Waals surface area contributed by atoms with E-state index in [4.69, 9.17) is 15.0 Å². The van der Waals surface area contributed by atoms with Crippen molar-refractivity contribution in [1.82, 2.24) is 20.2 Å². The van der Waals surface area contributed by atoms with Crippen molar-refractivity contribution in [1.29, 1.82) is 5.26 Å². The van der Waals surface area contributed by atoms with E-state index in [-0.39, 0.29) is 12.6 Å². The number of carbonyl (C=O) groups is 2. The first-order valence-corrected chi connectivity index (χ1v) is 11.9. The van der Waals surface area contributed by atoms with Crippen molar-refractivity contribution in [3.63, 3.8) is 0 Å². The molecule has 1 aliphatic rings. The molecule has 2 amide bonds. The van der Waals surface area contributed by atoms with Crippen molar-refractivity contribution in [3.05, 3.63) is 57.9 Å². The molecule has 0 aliphatic carbocycles. The van der Waals surface area contributed by atoms with Crippen molar-refractivity contribution in [3.8, 4) is 6.07 Å². The summed E-state index contributed by atoms with van der Waals surface area (Å²) in [6, 6.07) is 12.7. The van der Waals surface area contributed by atoms with Crippen LogP contribution in [0.4, 0.5) is 4.79 Å². The third-order valence-electron chi connectivity index (χ3n) is 4.89. The largest absolute Gasteiger partial charge is 0.463 e. The average Bonchev–Trinajstić information content (AvgIpc) is 3.44. The number of para-hydroxylation sites is 2. The maximum absolute atomic E-state index is 12.8. The minimum absolute atomic E-state index is 0.234. The number of nitrogens with one attached hydrogen (secondary N) is 2. The smallest absolute Gasteiger partial charge is 0.338 e. The van der Waals surface area contributed by atoms with Gasteiger partial charge in [-0.25, -0.2) is 14.6 Å². The van der Waals surface area contributed by atoms with Gasteiger partial charge in [0.1, 0.15) is 0 Å². The van der Waals surface area contributed by atoms with Gasteiger partial charge in [0.05, 0.1) is 41.7 Å². The predicted octanol–water partition coefficient (Wildman–Crippen LogP) is 3.97. The molecule has 0 unspecified atom stereocenters. The van der Waals surface area contributed by atoms with Gasteiger partial charge in [0.15, 0.2) is 5.16 Å². The summed E-state index contributed by atoms with van der Waals surface area (Å²) in [5, 5.41) is 17.3. The first-order chi connectivity index (χ1) is 15.6. The van der Waals surface area contributed by atoms with Gasteiger partial charge in [-0.3, -0.25) is 0 Å². The van der Waals surface area contributed by atoms with Crippen LogP contribution in [0, 0.1) is 11.3 Å². The van der Waals surface area contributed by atoms with E-state index in [2.05, 4.69) is 16.7 Å². The number of rotatable bonds is 8. The highest BCUT2D eigenvalue weighted by molar-refractivity contribution is 7.99. The molecule has 0 saturated carbocycles. The monoisotopic (exact) mass is 467 g/mol. The standard InChI is InChI=1S/C22H21N5O3S2/c1-2-30-20(28)18-15(24-21(29)26-19(18)17-9-5-12-31-17)13-32-22-25-14-7-3-4-8-16(14)27(22)11-6-10-23/h3-5,7-9,12,19H,2,6,11,13H2,1H3,(H2,24,26,29)/t19-/m1/s1. The fourth-order valence-corrected chi connectivity index (χ4v) is 5.32. The molecule has 0 spiro atoms. The van der Waals surface area contributed by atoms with E-state index in [9.17, 15) is 9.59 Å². The van der Waals surface area contributed by atoms with Crippen LogP contribution in [0.3, 0.4) is 0 Å². The van der Waals surface area contributed by atoms with Gasteiger partial charge in [0, 0.05) is 22.9 Å². The highest BCUT2D eigenvalue weighted by Gasteiger charge is 2.34. The van der Waals surface area contributed by atoms with Crippen molar-refractivity contribution in [2.75, 3.05) is 12.4 Å². The number of amides is 2. The number of aryl methyl sites for hydroxylation is 1. The highest BCUT2D eigenvalue weighted by atomic mass is 32.2. The number of imidazole rings is 1. The highest BCUT2D eigenvalue weighted by Crippen LogP contribution is 2.33. The number of esters is 1. The Balaban J connectivity index is 1.69. The SMILES string of the molecule is CCOC(=O)C1=C(CSc2nc3ccccc3n2CCC#N)NC(=O)N[C@@H]1c1cccs1. The maximum Gasteiger partial charge on any atom is 0.338 e. The van der Waals surface area contributed by atoms with Gasteiger partial charge >= 0.3 is 12.0 Å². The Kier molecular flexibility index (Phi) is 6.78. The molecule has 10 heteroatoms. The van der Waals surface area contributed by atoms with Crippen LogP contribution in [0.2, 0.25) is 0 Å². The molecule has 0 bridgehead atoms. The van der Waals surface area contributed by atoms with Gasteiger partial charge in [-0.2, -0.15) is 5.26 Å². The van der Waals surface area contributed by atoms with Gasteiger partial charge in [-0.05, 0) is 30.5 Å². The lowest BCUT2D eigenvalue weighted by atomic mass is 10.0. The molecule has 32 heavy (non-hydrogen) atoms. The van der Waals surface area contributed by atoms with Crippen molar-refractivity contribution < 1.29 is 14.3 Å². The molecular formula is C22H21N5O3S2. The summed E-state index contributed by atoms with van der Waals surface area (Å²) in [6.45, 7) is 2.49. The van der Waals surface area contributed by atoms with Gasteiger partial charge in [-0.1, -0.05) is 30.0 Å². The zero-order valence-corrected chi connectivity index (χ0v) is 19.0. The molecule has 0 fully saturated rings. The predicted molar refractivity (Wildman–Crippen MR) is 123 cm³/mol. The molecule has 4 rings (SSSR count). The van der Waals surface area contributed by atoms with E-state index in [0.29, 0.717) is 30.0 Å². The minimum Gasteiger partial charge on any atom is -0.463 e. The van der Waals surface area contributed by atoms with E-state index in [1.54, 1.807) is 6.92 Å². The Bertz CT molecular complexity index is 1210. The van der Waals surface area contributed by atoms with Gasteiger partial charge < -0.3 is 19.9 Å². The molecular weight excluding hydrogens is 446 g/mol. The van der Waals surface area contributed by atoms with Crippen LogP contribution < -0.4 is 10.6 Å². The lowest BCUT2D eigenvalue weighted by molar-refractivity contribution is -0.139. The number of carbonyl (C=O) groups excluding carboxylic acids is 2. The summed E-state index contributed by atoms with van der Waals surface area (Å²) < 4.78 is 7.30. The normalized spacial score (nSPS) is 15.9. The Morgan fingerprint density at radius 2 is 2.19 bits per heavy atom. The molecule has 164 valence electrons. The van der Waals surface area contributed by atoms with E-state index < -0.39 is 12.0 Å². The second-order valence-electron chi connectivity index (χ2n) is 6.89. The first-order valence-electron chi connectivity index (χ1n) is 10.1. The number of nitriles is 1. The maximum atomic E-state index is 12.8. The molecule has 1 aliphatic heterocycles. The summed E-state index contributed by atoms with van der Waals surface area (Å²) in [7, 11) is 0. The third kappa shape index (κ3) is 4.49. The van der Waals surface area contributed by atoms with Crippen molar-refractivity contribution >= 4 is 46.1 Å². The lowest BCUT2D eigenvalue weighted by Gasteiger charge is -2.28. The number of thiophene rings is 1. The Labute approximate surface area is 193 Å². The number of ether oxygens (including phenoxy) is 1. The van der Waals surface area contributed by atoms with Gasteiger partial charge in [0.25, 0.3) is 0 Å². The second kappa shape index (κ2) is 9.89. The number of aromatic nitrogens is 2. The van der Waals surface area contributed by atoms with Gasteiger partial charge in [-0.15, -0.1) is 11.3 Å². The van der Waals surface area contributed by atoms with Crippen molar-refractivity contribution in [2.45, 2.75) is 31.1 Å². The second-order valence-corrected chi connectivity index (χ2v) is 8.81. The first kappa shape index (κ1) is 21.9. The quantitative estimate of drug-likeness (QED) is 0.383. The fourth-order valence-electron chi connectivity index (χ4n) is 3.53. The number of hydrogen-bond acceptors (Lipinski definition) is 7. The van der Waals surface area contributed by atoms with E-state index >= 15 is 0 Å². The summed E-state index contributed by atoms with van der Waals surface area (Å²) in [4.78, 5) is 30.8. The van der Waals surface area contributed by atoms with Crippen LogP contribution in [-0.4, -0.2) is 33.9 Å². The number of fused-ring (bicyclic) bond motifs is 1. The van der Waals surface area contributed by atoms with E-state index in [0.717, 1.165) is 21.1 Å². The van der Waals surface area contributed by atoms with Crippen LogP contribution >= 0.6 is 23.1 Å². The molecule has 2 N–H and O–H groups in total. The Hall–Kier alpha value is -3.29. The zero-order chi connectivity index (χ0) is 22.5.